The van der Waals surface area contributed by atoms with Gasteiger partial charge in [-0.25, -0.2) is 0 Å². The molecule has 122 valence electrons. The molecule has 0 amide bonds. The summed E-state index contributed by atoms with van der Waals surface area (Å²) in [5.41, 5.74) is 3.33. The molecular formula is C17H32N2O2. The van der Waals surface area contributed by atoms with Gasteiger partial charge in [-0.05, 0) is 44.4 Å². The summed E-state index contributed by atoms with van der Waals surface area (Å²) in [4.78, 5) is 0. The molecule has 1 spiro atoms. The van der Waals surface area contributed by atoms with E-state index in [4.69, 9.17) is 15.3 Å². The van der Waals surface area contributed by atoms with Gasteiger partial charge in [0.15, 0.2) is 0 Å². The lowest BCUT2D eigenvalue weighted by atomic mass is 9.71. The first-order valence-electron chi connectivity index (χ1n) is 9.00. The van der Waals surface area contributed by atoms with E-state index in [0.29, 0.717) is 24.0 Å². The lowest BCUT2D eigenvalue weighted by molar-refractivity contribution is -0.125. The molecule has 2 saturated heterocycles. The molecule has 0 aromatic carbocycles. The van der Waals surface area contributed by atoms with E-state index in [0.717, 1.165) is 32.5 Å². The van der Waals surface area contributed by atoms with E-state index >= 15 is 0 Å². The second kappa shape index (κ2) is 6.95. The maximum atomic E-state index is 6.25. The van der Waals surface area contributed by atoms with Crippen LogP contribution in [0.1, 0.15) is 64.7 Å². The van der Waals surface area contributed by atoms with Crippen molar-refractivity contribution >= 4 is 0 Å². The Kier molecular flexibility index (Phi) is 5.20. The van der Waals surface area contributed by atoms with Gasteiger partial charge in [0.05, 0.1) is 11.7 Å². The summed E-state index contributed by atoms with van der Waals surface area (Å²) in [6.07, 6.45) is 11.5. The Labute approximate surface area is 129 Å². The maximum Gasteiger partial charge on any atom is 0.0685 e. The molecule has 21 heavy (non-hydrogen) atoms. The third kappa shape index (κ3) is 3.29. The van der Waals surface area contributed by atoms with Crippen LogP contribution >= 0.6 is 0 Å². The van der Waals surface area contributed by atoms with Crippen molar-refractivity contribution in [1.82, 2.24) is 5.43 Å². The van der Waals surface area contributed by atoms with Gasteiger partial charge < -0.3 is 9.47 Å². The fourth-order valence-corrected chi connectivity index (χ4v) is 5.02. The number of ether oxygens (including phenoxy) is 2. The highest BCUT2D eigenvalue weighted by molar-refractivity contribution is 4.96. The molecule has 2 heterocycles. The second-order valence-electron chi connectivity index (χ2n) is 7.31. The minimum absolute atomic E-state index is 0.164. The molecule has 0 radical (unpaired) electrons. The van der Waals surface area contributed by atoms with E-state index in [1.54, 1.807) is 0 Å². The largest absolute Gasteiger partial charge is 0.378 e. The van der Waals surface area contributed by atoms with E-state index in [1.807, 2.05) is 0 Å². The standard InChI is InChI=1S/C17H32N2O2/c1-2-15-14(7-10-20-15)16(19-18)13-6-11-21-17(12-13)8-4-3-5-9-17/h13-16,19H,2-12,18H2,1H3. The molecular weight excluding hydrogens is 264 g/mol. The highest BCUT2D eigenvalue weighted by Gasteiger charge is 2.44. The van der Waals surface area contributed by atoms with Crippen LogP contribution in [0.15, 0.2) is 0 Å². The van der Waals surface area contributed by atoms with Crippen LogP contribution in [-0.2, 0) is 9.47 Å². The average Bonchev–Trinajstić information content (AvgIpc) is 2.97. The van der Waals surface area contributed by atoms with Crippen LogP contribution < -0.4 is 11.3 Å². The summed E-state index contributed by atoms with van der Waals surface area (Å²) < 4.78 is 12.1. The maximum absolute atomic E-state index is 6.25. The highest BCUT2D eigenvalue weighted by atomic mass is 16.5. The number of hydrogen-bond donors (Lipinski definition) is 2. The molecule has 3 aliphatic rings. The Morgan fingerprint density at radius 1 is 1.19 bits per heavy atom. The zero-order valence-electron chi connectivity index (χ0n) is 13.5. The molecule has 4 nitrogen and oxygen atoms in total. The van der Waals surface area contributed by atoms with Crippen molar-refractivity contribution in [2.45, 2.75) is 82.5 Å². The fraction of sp³-hybridized carbons (Fsp3) is 1.00. The number of nitrogens with two attached hydrogens (primary N) is 1. The topological polar surface area (TPSA) is 56.5 Å². The van der Waals surface area contributed by atoms with E-state index in [-0.39, 0.29) is 5.60 Å². The third-order valence-electron chi connectivity index (χ3n) is 6.12. The quantitative estimate of drug-likeness (QED) is 0.619. The second-order valence-corrected chi connectivity index (χ2v) is 7.31. The summed E-state index contributed by atoms with van der Waals surface area (Å²) in [7, 11) is 0. The number of hydrogen-bond acceptors (Lipinski definition) is 4. The lowest BCUT2D eigenvalue weighted by Crippen LogP contribution is -2.53. The molecule has 3 N–H and O–H groups in total. The summed E-state index contributed by atoms with van der Waals surface area (Å²) in [6, 6.07) is 0.389. The van der Waals surface area contributed by atoms with Gasteiger partial charge in [0, 0.05) is 25.2 Å². The normalized spacial score (nSPS) is 37.7. The van der Waals surface area contributed by atoms with Crippen molar-refractivity contribution in [1.29, 1.82) is 0 Å². The molecule has 4 atom stereocenters. The van der Waals surface area contributed by atoms with Crippen molar-refractivity contribution in [3.63, 3.8) is 0 Å². The van der Waals surface area contributed by atoms with Crippen LogP contribution in [-0.4, -0.2) is 31.0 Å². The van der Waals surface area contributed by atoms with Crippen molar-refractivity contribution in [3.8, 4) is 0 Å². The first kappa shape index (κ1) is 15.7. The molecule has 1 saturated carbocycles. The number of nitrogens with one attached hydrogen (secondary N) is 1. The Morgan fingerprint density at radius 3 is 2.71 bits per heavy atom. The van der Waals surface area contributed by atoms with E-state index in [2.05, 4.69) is 12.3 Å². The van der Waals surface area contributed by atoms with Crippen LogP contribution in [0.5, 0.6) is 0 Å². The van der Waals surface area contributed by atoms with Crippen LogP contribution in [0.3, 0.4) is 0 Å². The van der Waals surface area contributed by atoms with Crippen LogP contribution in [0.2, 0.25) is 0 Å². The monoisotopic (exact) mass is 296 g/mol. The van der Waals surface area contributed by atoms with E-state index in [9.17, 15) is 0 Å². The molecule has 3 rings (SSSR count). The van der Waals surface area contributed by atoms with E-state index < -0.39 is 0 Å². The summed E-state index contributed by atoms with van der Waals surface area (Å²) in [5.74, 6) is 7.19. The average molecular weight is 296 g/mol. The SMILES string of the molecule is CCC1OCCC1C(NN)C1CCOC2(CCCCC2)C1. The molecule has 0 aromatic rings. The van der Waals surface area contributed by atoms with Gasteiger partial charge in [-0.1, -0.05) is 26.2 Å². The lowest BCUT2D eigenvalue weighted by Gasteiger charge is -2.46. The summed E-state index contributed by atoms with van der Waals surface area (Å²) in [6.45, 7) is 4.03. The number of hydrazine groups is 1. The minimum Gasteiger partial charge on any atom is -0.378 e. The Balaban J connectivity index is 1.68. The number of rotatable bonds is 4. The van der Waals surface area contributed by atoms with Crippen LogP contribution in [0.4, 0.5) is 0 Å². The van der Waals surface area contributed by atoms with Crippen molar-refractivity contribution in [2.24, 2.45) is 17.7 Å². The van der Waals surface area contributed by atoms with Crippen molar-refractivity contribution < 1.29 is 9.47 Å². The summed E-state index contributed by atoms with van der Waals surface area (Å²) >= 11 is 0. The molecule has 0 bridgehead atoms. The minimum atomic E-state index is 0.164. The fourth-order valence-electron chi connectivity index (χ4n) is 5.02. The van der Waals surface area contributed by atoms with Gasteiger partial charge in [-0.3, -0.25) is 11.3 Å². The third-order valence-corrected chi connectivity index (χ3v) is 6.12. The zero-order chi connectivity index (χ0) is 14.7. The highest BCUT2D eigenvalue weighted by Crippen LogP contribution is 2.43. The zero-order valence-corrected chi connectivity index (χ0v) is 13.5. The Bertz CT molecular complexity index is 325. The smallest absolute Gasteiger partial charge is 0.0685 e. The van der Waals surface area contributed by atoms with Crippen LogP contribution in [0.25, 0.3) is 0 Å². The predicted octanol–water partition coefficient (Wildman–Crippen LogP) is 2.76. The molecule has 4 heteroatoms. The van der Waals surface area contributed by atoms with Gasteiger partial charge in [-0.15, -0.1) is 0 Å². The Morgan fingerprint density at radius 2 is 2.00 bits per heavy atom. The Hall–Kier alpha value is -0.160. The predicted molar refractivity (Wildman–Crippen MR) is 83.7 cm³/mol. The van der Waals surface area contributed by atoms with Crippen molar-refractivity contribution in [3.05, 3.63) is 0 Å². The molecule has 2 aliphatic heterocycles. The molecule has 3 fully saturated rings. The molecule has 1 aliphatic carbocycles. The van der Waals surface area contributed by atoms with Gasteiger partial charge >= 0.3 is 0 Å². The van der Waals surface area contributed by atoms with Gasteiger partial charge in [0.25, 0.3) is 0 Å². The van der Waals surface area contributed by atoms with Crippen molar-refractivity contribution in [2.75, 3.05) is 13.2 Å². The molecule has 4 unspecified atom stereocenters. The molecule has 0 aromatic heterocycles. The summed E-state index contributed by atoms with van der Waals surface area (Å²) in [5, 5.41) is 0. The first-order valence-corrected chi connectivity index (χ1v) is 9.00. The van der Waals surface area contributed by atoms with Gasteiger partial charge in [-0.2, -0.15) is 0 Å². The first-order chi connectivity index (χ1) is 10.3. The van der Waals surface area contributed by atoms with E-state index in [1.165, 1.54) is 38.5 Å². The van der Waals surface area contributed by atoms with Crippen LogP contribution in [0, 0.1) is 11.8 Å². The van der Waals surface area contributed by atoms with Gasteiger partial charge in [0.1, 0.15) is 0 Å². The van der Waals surface area contributed by atoms with Gasteiger partial charge in [0.2, 0.25) is 0 Å².